The third-order valence-electron chi connectivity index (χ3n) is 4.70. The van der Waals surface area contributed by atoms with Crippen LogP contribution in [0.4, 0.5) is 5.69 Å². The first-order valence-corrected chi connectivity index (χ1v) is 10.8. The van der Waals surface area contributed by atoms with E-state index in [-0.39, 0.29) is 41.5 Å². The molecule has 2 aromatic rings. The summed E-state index contributed by atoms with van der Waals surface area (Å²) in [6.07, 6.45) is 0. The number of hydrogen-bond acceptors (Lipinski definition) is 6. The van der Waals surface area contributed by atoms with Crippen LogP contribution >= 0.6 is 0 Å². The van der Waals surface area contributed by atoms with Crippen molar-refractivity contribution in [1.82, 2.24) is 9.62 Å². The lowest BCUT2D eigenvalue weighted by molar-refractivity contribution is -0.385. The fourth-order valence-electron chi connectivity index (χ4n) is 3.63. The van der Waals surface area contributed by atoms with Crippen LogP contribution in [0, 0.1) is 24.0 Å². The highest BCUT2D eigenvalue weighted by molar-refractivity contribution is 7.89. The maximum Gasteiger partial charge on any atom is 0.271 e. The number of benzene rings is 2. The molecule has 0 aromatic heterocycles. The Labute approximate surface area is 170 Å². The van der Waals surface area contributed by atoms with Crippen LogP contribution in [-0.2, 0) is 10.0 Å². The molecule has 29 heavy (non-hydrogen) atoms. The number of ether oxygens (including phenoxy) is 1. The number of nitrogens with zero attached hydrogens (tertiary/aromatic N) is 2. The van der Waals surface area contributed by atoms with Crippen LogP contribution in [0.3, 0.4) is 0 Å². The van der Waals surface area contributed by atoms with Gasteiger partial charge in [-0.05, 0) is 57.0 Å². The molecule has 8 nitrogen and oxygen atoms in total. The number of piperazine rings is 1. The highest BCUT2D eigenvalue weighted by Crippen LogP contribution is 2.35. The quantitative estimate of drug-likeness (QED) is 0.589. The lowest BCUT2D eigenvalue weighted by Gasteiger charge is -2.35. The predicted octanol–water partition coefficient (Wildman–Crippen LogP) is 3.37. The van der Waals surface area contributed by atoms with Crippen LogP contribution in [0.15, 0.2) is 41.3 Å². The van der Waals surface area contributed by atoms with Crippen molar-refractivity contribution in [2.75, 3.05) is 13.1 Å². The Kier molecular flexibility index (Phi) is 5.92. The topological polar surface area (TPSA) is 102 Å². The molecule has 1 fully saturated rings. The largest absolute Gasteiger partial charge is 0.456 e. The third-order valence-corrected chi connectivity index (χ3v) is 6.56. The Morgan fingerprint density at radius 3 is 2.21 bits per heavy atom. The van der Waals surface area contributed by atoms with Gasteiger partial charge in [-0.15, -0.1) is 0 Å². The third kappa shape index (κ3) is 4.75. The minimum absolute atomic E-state index is 0.0315. The second-order valence-electron chi connectivity index (χ2n) is 7.60. The van der Waals surface area contributed by atoms with Crippen molar-refractivity contribution in [2.24, 2.45) is 0 Å². The van der Waals surface area contributed by atoms with Crippen LogP contribution in [0.5, 0.6) is 11.5 Å². The highest BCUT2D eigenvalue weighted by atomic mass is 32.2. The molecule has 1 heterocycles. The van der Waals surface area contributed by atoms with Crippen molar-refractivity contribution in [1.29, 1.82) is 0 Å². The molecule has 0 spiro atoms. The van der Waals surface area contributed by atoms with Crippen LogP contribution < -0.4 is 10.1 Å². The van der Waals surface area contributed by atoms with Crippen LogP contribution in [0.25, 0.3) is 0 Å². The average molecular weight is 420 g/mol. The summed E-state index contributed by atoms with van der Waals surface area (Å²) in [5.41, 5.74) is 1.64. The molecule has 1 saturated heterocycles. The van der Waals surface area contributed by atoms with E-state index in [4.69, 9.17) is 4.74 Å². The second-order valence-corrected chi connectivity index (χ2v) is 9.51. The molecule has 1 aliphatic rings. The van der Waals surface area contributed by atoms with E-state index in [0.717, 1.165) is 17.2 Å². The molecule has 9 heteroatoms. The molecule has 2 unspecified atom stereocenters. The van der Waals surface area contributed by atoms with E-state index in [1.807, 2.05) is 33.8 Å². The average Bonchev–Trinajstić information content (AvgIpc) is 2.60. The normalized spacial score (nSPS) is 20.4. The van der Waals surface area contributed by atoms with Gasteiger partial charge < -0.3 is 10.1 Å². The molecule has 0 saturated carbocycles. The molecule has 0 bridgehead atoms. The van der Waals surface area contributed by atoms with Gasteiger partial charge in [0.15, 0.2) is 0 Å². The summed E-state index contributed by atoms with van der Waals surface area (Å²) in [6, 6.07) is 9.17. The van der Waals surface area contributed by atoms with E-state index in [9.17, 15) is 18.5 Å². The molecule has 0 amide bonds. The smallest absolute Gasteiger partial charge is 0.271 e. The number of rotatable bonds is 5. The van der Waals surface area contributed by atoms with Gasteiger partial charge in [-0.2, -0.15) is 4.31 Å². The first-order valence-electron chi connectivity index (χ1n) is 9.37. The number of nitrogens with one attached hydrogen (secondary N) is 1. The summed E-state index contributed by atoms with van der Waals surface area (Å²) < 4.78 is 34.0. The highest BCUT2D eigenvalue weighted by Gasteiger charge is 2.34. The fourth-order valence-corrected chi connectivity index (χ4v) is 5.38. The van der Waals surface area contributed by atoms with Gasteiger partial charge in [-0.25, -0.2) is 8.42 Å². The summed E-state index contributed by atoms with van der Waals surface area (Å²) in [5.74, 6) is 0.550. The van der Waals surface area contributed by atoms with Gasteiger partial charge in [-0.3, -0.25) is 10.1 Å². The lowest BCUT2D eigenvalue weighted by atomic mass is 10.1. The SMILES string of the molecule is Cc1cc(C)cc(Oc2ccc([N+](=O)[O-])cc2S(=O)(=O)N2CC(C)NC(C)C2)c1. The molecule has 156 valence electrons. The van der Waals surface area contributed by atoms with Gasteiger partial charge >= 0.3 is 0 Å². The molecule has 1 N–H and O–H groups in total. The van der Waals surface area contributed by atoms with Gasteiger partial charge in [0.2, 0.25) is 10.0 Å². The molecular formula is C20H25N3O5S. The Balaban J connectivity index is 2.07. The fraction of sp³-hybridized carbons (Fsp3) is 0.400. The number of nitro benzene ring substituents is 1. The first kappa shape index (κ1) is 21.2. The van der Waals surface area contributed by atoms with Crippen molar-refractivity contribution in [3.05, 3.63) is 57.6 Å². The van der Waals surface area contributed by atoms with E-state index in [1.165, 1.54) is 16.4 Å². The van der Waals surface area contributed by atoms with Crippen LogP contribution in [-0.4, -0.2) is 42.8 Å². The summed E-state index contributed by atoms with van der Waals surface area (Å²) in [7, 11) is -3.99. The van der Waals surface area contributed by atoms with Crippen molar-refractivity contribution >= 4 is 15.7 Å². The second kappa shape index (κ2) is 8.10. The maximum atomic E-state index is 13.4. The Hall–Kier alpha value is -2.49. The van der Waals surface area contributed by atoms with E-state index < -0.39 is 14.9 Å². The summed E-state index contributed by atoms with van der Waals surface area (Å²) in [5, 5.41) is 14.5. The minimum atomic E-state index is -3.99. The molecular weight excluding hydrogens is 394 g/mol. The summed E-state index contributed by atoms with van der Waals surface area (Å²) in [6.45, 7) is 8.18. The molecule has 0 aliphatic carbocycles. The van der Waals surface area contributed by atoms with Gasteiger partial charge in [0, 0.05) is 37.3 Å². The lowest BCUT2D eigenvalue weighted by Crippen LogP contribution is -2.55. The predicted molar refractivity (Wildman–Crippen MR) is 110 cm³/mol. The van der Waals surface area contributed by atoms with Gasteiger partial charge in [-0.1, -0.05) is 6.07 Å². The van der Waals surface area contributed by atoms with E-state index in [1.54, 1.807) is 12.1 Å². The molecule has 0 radical (unpaired) electrons. The molecule has 3 rings (SSSR count). The standard InChI is InChI=1S/C20H25N3O5S/c1-13-7-14(2)9-18(8-13)28-19-6-5-17(23(24)25)10-20(19)29(26,27)22-11-15(3)21-16(4)12-22/h5-10,15-16,21H,11-12H2,1-4H3. The van der Waals surface area contributed by atoms with Crippen molar-refractivity contribution in [2.45, 2.75) is 44.7 Å². The van der Waals surface area contributed by atoms with Crippen molar-refractivity contribution < 1.29 is 18.1 Å². The van der Waals surface area contributed by atoms with Crippen LogP contribution in [0.1, 0.15) is 25.0 Å². The van der Waals surface area contributed by atoms with Gasteiger partial charge in [0.1, 0.15) is 16.4 Å². The zero-order chi connectivity index (χ0) is 21.3. The number of nitro groups is 1. The molecule has 1 aliphatic heterocycles. The van der Waals surface area contributed by atoms with E-state index in [2.05, 4.69) is 5.32 Å². The summed E-state index contributed by atoms with van der Waals surface area (Å²) in [4.78, 5) is 10.5. The number of sulfonamides is 1. The number of aryl methyl sites for hydroxylation is 2. The van der Waals surface area contributed by atoms with Crippen molar-refractivity contribution in [3.63, 3.8) is 0 Å². The maximum absolute atomic E-state index is 13.4. The Morgan fingerprint density at radius 1 is 1.07 bits per heavy atom. The zero-order valence-corrected chi connectivity index (χ0v) is 17.7. The summed E-state index contributed by atoms with van der Waals surface area (Å²) >= 11 is 0. The number of hydrogen-bond donors (Lipinski definition) is 1. The van der Waals surface area contributed by atoms with Gasteiger partial charge in [0.25, 0.3) is 5.69 Å². The Morgan fingerprint density at radius 2 is 1.66 bits per heavy atom. The van der Waals surface area contributed by atoms with Gasteiger partial charge in [0.05, 0.1) is 4.92 Å². The monoisotopic (exact) mass is 419 g/mol. The van der Waals surface area contributed by atoms with Crippen LogP contribution in [0.2, 0.25) is 0 Å². The van der Waals surface area contributed by atoms with Crippen molar-refractivity contribution in [3.8, 4) is 11.5 Å². The first-order chi connectivity index (χ1) is 13.6. The molecule has 2 aromatic carbocycles. The Bertz CT molecular complexity index is 1010. The zero-order valence-electron chi connectivity index (χ0n) is 16.9. The van der Waals surface area contributed by atoms with E-state index in [0.29, 0.717) is 5.75 Å². The minimum Gasteiger partial charge on any atom is -0.456 e. The molecule has 2 atom stereocenters. The number of non-ortho nitro benzene ring substituents is 1. The van der Waals surface area contributed by atoms with E-state index >= 15 is 0 Å².